The highest BCUT2D eigenvalue weighted by Gasteiger charge is 2.19. The van der Waals surface area contributed by atoms with E-state index in [1.165, 1.54) is 180 Å². The zero-order chi connectivity index (χ0) is 52.9. The maximum Gasteiger partial charge on any atom is 0.306 e. The highest BCUT2D eigenvalue weighted by atomic mass is 16.6. The van der Waals surface area contributed by atoms with Gasteiger partial charge in [-0.1, -0.05) is 280 Å². The van der Waals surface area contributed by atoms with Crippen molar-refractivity contribution in [1.82, 2.24) is 0 Å². The second kappa shape index (κ2) is 61.4. The minimum Gasteiger partial charge on any atom is -0.462 e. The van der Waals surface area contributed by atoms with Gasteiger partial charge in [-0.05, 0) is 89.9 Å². The average Bonchev–Trinajstić information content (AvgIpc) is 3.39. The Bertz CT molecular complexity index is 1360. The third kappa shape index (κ3) is 59.6. The minimum absolute atomic E-state index is 0.0856. The molecule has 0 amide bonds. The molecule has 0 saturated carbocycles. The number of ether oxygens (including phenoxy) is 3. The van der Waals surface area contributed by atoms with Crippen molar-refractivity contribution in [2.75, 3.05) is 13.2 Å². The lowest BCUT2D eigenvalue weighted by atomic mass is 10.0. The normalized spacial score (nSPS) is 12.5. The fraction of sp³-hybridized carbons (Fsp3) is 0.776. The van der Waals surface area contributed by atoms with E-state index in [1.807, 2.05) is 0 Å². The molecule has 1 atom stereocenters. The van der Waals surface area contributed by atoms with Crippen molar-refractivity contribution in [3.63, 3.8) is 0 Å². The van der Waals surface area contributed by atoms with Gasteiger partial charge in [-0.2, -0.15) is 0 Å². The molecule has 0 saturated heterocycles. The average molecular weight is 1020 g/mol. The Morgan fingerprint density at radius 1 is 0.288 bits per heavy atom. The molecule has 0 aliphatic rings. The Hall–Kier alpha value is -3.15. The number of hydrogen-bond acceptors (Lipinski definition) is 6. The molecule has 6 nitrogen and oxygen atoms in total. The van der Waals surface area contributed by atoms with Crippen LogP contribution in [0, 0.1) is 0 Å². The number of carbonyl (C=O) groups is 3. The number of carbonyl (C=O) groups excluding carboxylic acids is 3. The molecule has 0 aromatic carbocycles. The first-order valence-corrected chi connectivity index (χ1v) is 31.4. The van der Waals surface area contributed by atoms with Crippen molar-refractivity contribution >= 4 is 17.9 Å². The van der Waals surface area contributed by atoms with E-state index in [-0.39, 0.29) is 31.1 Å². The number of hydrogen-bond donors (Lipinski definition) is 0. The summed E-state index contributed by atoms with van der Waals surface area (Å²) >= 11 is 0. The smallest absolute Gasteiger partial charge is 0.306 e. The SMILES string of the molecule is CC/C=C\C/C=C\C/C=C\C/C=C\C/C=C\CCCCCC(=O)OCC(COC(=O)CCCCCCCCC/C=C\CCCCCCCC)OC(=O)CCCCCCCCCCCCCCCCCCCCC. The Balaban J connectivity index is 4.42. The fourth-order valence-corrected chi connectivity index (χ4v) is 9.00. The van der Waals surface area contributed by atoms with Crippen LogP contribution in [0.2, 0.25) is 0 Å². The van der Waals surface area contributed by atoms with Crippen molar-refractivity contribution in [3.05, 3.63) is 72.9 Å². The Kier molecular flexibility index (Phi) is 58.7. The fourth-order valence-electron chi connectivity index (χ4n) is 9.00. The molecule has 0 spiro atoms. The van der Waals surface area contributed by atoms with E-state index in [2.05, 4.69) is 93.7 Å². The highest BCUT2D eigenvalue weighted by molar-refractivity contribution is 5.71. The van der Waals surface area contributed by atoms with E-state index >= 15 is 0 Å². The Morgan fingerprint density at radius 3 is 0.863 bits per heavy atom. The lowest BCUT2D eigenvalue weighted by molar-refractivity contribution is -0.167. The molecule has 6 heteroatoms. The maximum atomic E-state index is 12.9. The quantitative estimate of drug-likeness (QED) is 0.0261. The van der Waals surface area contributed by atoms with E-state index in [0.717, 1.165) is 96.3 Å². The van der Waals surface area contributed by atoms with Crippen LogP contribution >= 0.6 is 0 Å². The first kappa shape index (κ1) is 69.8. The summed E-state index contributed by atoms with van der Waals surface area (Å²) in [5, 5.41) is 0. The van der Waals surface area contributed by atoms with Gasteiger partial charge in [0.25, 0.3) is 0 Å². The predicted molar refractivity (Wildman–Crippen MR) is 316 cm³/mol. The molecule has 0 fully saturated rings. The predicted octanol–water partition coefficient (Wildman–Crippen LogP) is 21.3. The summed E-state index contributed by atoms with van der Waals surface area (Å²) in [6.45, 7) is 6.53. The van der Waals surface area contributed by atoms with Crippen molar-refractivity contribution in [3.8, 4) is 0 Å². The van der Waals surface area contributed by atoms with E-state index in [1.54, 1.807) is 0 Å². The van der Waals surface area contributed by atoms with Crippen LogP contribution in [0.1, 0.15) is 316 Å². The molecule has 0 aromatic heterocycles. The van der Waals surface area contributed by atoms with E-state index in [9.17, 15) is 14.4 Å². The molecular formula is C67H118O6. The Labute approximate surface area is 453 Å². The van der Waals surface area contributed by atoms with Crippen LogP contribution < -0.4 is 0 Å². The molecule has 422 valence electrons. The maximum absolute atomic E-state index is 12.9. The summed E-state index contributed by atoms with van der Waals surface area (Å²) in [7, 11) is 0. The van der Waals surface area contributed by atoms with Crippen molar-refractivity contribution in [1.29, 1.82) is 0 Å². The van der Waals surface area contributed by atoms with Crippen molar-refractivity contribution in [2.45, 2.75) is 322 Å². The molecule has 0 aliphatic carbocycles. The first-order chi connectivity index (χ1) is 36.0. The molecule has 0 radical (unpaired) electrons. The number of esters is 3. The van der Waals surface area contributed by atoms with Gasteiger partial charge in [0.05, 0.1) is 0 Å². The lowest BCUT2D eigenvalue weighted by Gasteiger charge is -2.18. The van der Waals surface area contributed by atoms with Gasteiger partial charge < -0.3 is 14.2 Å². The van der Waals surface area contributed by atoms with Gasteiger partial charge in [-0.15, -0.1) is 0 Å². The third-order valence-electron chi connectivity index (χ3n) is 13.7. The summed E-state index contributed by atoms with van der Waals surface area (Å²) in [4.78, 5) is 38.3. The second-order valence-electron chi connectivity index (χ2n) is 20.9. The third-order valence-corrected chi connectivity index (χ3v) is 13.7. The van der Waals surface area contributed by atoms with Crippen LogP contribution in [0.3, 0.4) is 0 Å². The largest absolute Gasteiger partial charge is 0.462 e. The summed E-state index contributed by atoms with van der Waals surface area (Å²) < 4.78 is 16.9. The number of unbranched alkanes of at least 4 members (excludes halogenated alkanes) is 34. The van der Waals surface area contributed by atoms with Crippen LogP contribution in [0.5, 0.6) is 0 Å². The molecular weight excluding hydrogens is 901 g/mol. The van der Waals surface area contributed by atoms with Crippen LogP contribution in [-0.4, -0.2) is 37.2 Å². The molecule has 73 heavy (non-hydrogen) atoms. The topological polar surface area (TPSA) is 78.9 Å². The molecule has 0 heterocycles. The lowest BCUT2D eigenvalue weighted by Crippen LogP contribution is -2.30. The highest BCUT2D eigenvalue weighted by Crippen LogP contribution is 2.17. The zero-order valence-corrected chi connectivity index (χ0v) is 48.4. The minimum atomic E-state index is -0.790. The van der Waals surface area contributed by atoms with Crippen LogP contribution in [-0.2, 0) is 28.6 Å². The van der Waals surface area contributed by atoms with E-state index < -0.39 is 6.10 Å². The number of allylic oxidation sites excluding steroid dienone is 12. The van der Waals surface area contributed by atoms with E-state index in [4.69, 9.17) is 14.2 Å². The van der Waals surface area contributed by atoms with Crippen LogP contribution in [0.25, 0.3) is 0 Å². The van der Waals surface area contributed by atoms with Gasteiger partial charge in [0, 0.05) is 19.3 Å². The van der Waals surface area contributed by atoms with Crippen LogP contribution in [0.4, 0.5) is 0 Å². The monoisotopic (exact) mass is 1020 g/mol. The molecule has 0 bridgehead atoms. The van der Waals surface area contributed by atoms with Gasteiger partial charge in [0.15, 0.2) is 6.10 Å². The molecule has 0 aliphatic heterocycles. The second-order valence-corrected chi connectivity index (χ2v) is 20.9. The summed E-state index contributed by atoms with van der Waals surface area (Å²) in [6, 6.07) is 0. The molecule has 0 aromatic rings. The van der Waals surface area contributed by atoms with Gasteiger partial charge in [0.1, 0.15) is 13.2 Å². The van der Waals surface area contributed by atoms with Gasteiger partial charge in [-0.25, -0.2) is 0 Å². The van der Waals surface area contributed by atoms with Gasteiger partial charge >= 0.3 is 17.9 Å². The summed E-state index contributed by atoms with van der Waals surface area (Å²) in [5.41, 5.74) is 0. The van der Waals surface area contributed by atoms with Crippen LogP contribution in [0.15, 0.2) is 72.9 Å². The molecule has 1 unspecified atom stereocenters. The molecule has 0 N–H and O–H groups in total. The molecule has 0 rings (SSSR count). The summed E-state index contributed by atoms with van der Waals surface area (Å²) in [6.07, 6.45) is 79.0. The van der Waals surface area contributed by atoms with Crippen molar-refractivity contribution in [2.24, 2.45) is 0 Å². The first-order valence-electron chi connectivity index (χ1n) is 31.4. The van der Waals surface area contributed by atoms with E-state index in [0.29, 0.717) is 19.3 Å². The van der Waals surface area contributed by atoms with Crippen molar-refractivity contribution < 1.29 is 28.6 Å². The van der Waals surface area contributed by atoms with Gasteiger partial charge in [0.2, 0.25) is 0 Å². The zero-order valence-electron chi connectivity index (χ0n) is 48.4. The summed E-state index contributed by atoms with van der Waals surface area (Å²) in [5.74, 6) is -0.907. The standard InChI is InChI=1S/C67H118O6/c1-4-7-10-13-16-19-22-25-28-31-33-36-39-42-45-48-51-54-57-60-66(69)72-63-64(62-71-65(68)59-56-53-50-47-44-41-38-35-30-27-24-21-18-15-12-9-6-3)73-67(70)61-58-55-52-49-46-43-40-37-34-32-29-26-23-20-17-14-11-8-5-2/h7,10,16,19,25,27-28,30,33,36,42,45,64H,4-6,8-9,11-15,17-18,20-24,26,29,31-32,34-35,37-41,43-44,46-63H2,1-3H3/b10-7-,19-16-,28-25-,30-27-,36-33-,45-42-. The Morgan fingerprint density at radius 2 is 0.534 bits per heavy atom. The van der Waals surface area contributed by atoms with Gasteiger partial charge in [-0.3, -0.25) is 14.4 Å². The number of rotatable bonds is 57.